The molecule has 3 nitrogen and oxygen atoms in total. The van der Waals surface area contributed by atoms with Gasteiger partial charge in [0, 0.05) is 12.1 Å². The molecule has 0 aromatic heterocycles. The van der Waals surface area contributed by atoms with Crippen molar-refractivity contribution in [2.45, 2.75) is 25.9 Å². The van der Waals surface area contributed by atoms with Gasteiger partial charge >= 0.3 is 6.18 Å². The number of nitrogens with one attached hydrogen (secondary N) is 1. The lowest BCUT2D eigenvalue weighted by atomic mass is 10.2. The highest BCUT2D eigenvalue weighted by atomic mass is 19.4. The van der Waals surface area contributed by atoms with Gasteiger partial charge in [0.1, 0.15) is 5.75 Å². The van der Waals surface area contributed by atoms with Gasteiger partial charge < -0.3 is 10.4 Å². The molecule has 17 heavy (non-hydrogen) atoms. The highest BCUT2D eigenvalue weighted by Gasteiger charge is 2.27. The first-order valence-corrected chi connectivity index (χ1v) is 4.94. The summed E-state index contributed by atoms with van der Waals surface area (Å²) in [5.41, 5.74) is 0.908. The Kier molecular flexibility index (Phi) is 3.98. The number of anilines is 1. The van der Waals surface area contributed by atoms with Gasteiger partial charge in [-0.1, -0.05) is 0 Å². The molecule has 2 N–H and O–H groups in total. The zero-order valence-electron chi connectivity index (χ0n) is 9.14. The number of phenolic OH excluding ortho intramolecular Hbond substituents is 1. The van der Waals surface area contributed by atoms with Crippen LogP contribution in [-0.4, -0.2) is 17.2 Å². The number of carbonyl (C=O) groups excluding carboxylic acids is 1. The fourth-order valence-corrected chi connectivity index (χ4v) is 1.21. The SMILES string of the molecule is Cc1cc(NC(=O)CCC(F)(F)F)ccc1O. The van der Waals surface area contributed by atoms with E-state index in [1.54, 1.807) is 6.92 Å². The molecule has 0 saturated carbocycles. The Morgan fingerprint density at radius 3 is 2.59 bits per heavy atom. The maximum atomic E-state index is 11.9. The molecule has 0 aliphatic heterocycles. The average molecular weight is 247 g/mol. The van der Waals surface area contributed by atoms with Gasteiger partial charge in [0.05, 0.1) is 6.42 Å². The molecule has 1 aromatic carbocycles. The Morgan fingerprint density at radius 2 is 2.06 bits per heavy atom. The highest BCUT2D eigenvalue weighted by molar-refractivity contribution is 5.90. The maximum Gasteiger partial charge on any atom is 0.389 e. The summed E-state index contributed by atoms with van der Waals surface area (Å²) < 4.78 is 35.6. The number of hydrogen-bond donors (Lipinski definition) is 2. The first kappa shape index (κ1) is 13.3. The molecule has 6 heteroatoms. The van der Waals surface area contributed by atoms with E-state index in [0.29, 0.717) is 11.3 Å². The molecule has 0 aliphatic carbocycles. The summed E-state index contributed by atoms with van der Waals surface area (Å²) in [7, 11) is 0. The number of hydrogen-bond acceptors (Lipinski definition) is 2. The summed E-state index contributed by atoms with van der Waals surface area (Å²) in [6, 6.07) is 4.28. The van der Waals surface area contributed by atoms with E-state index >= 15 is 0 Å². The van der Waals surface area contributed by atoms with Gasteiger partial charge in [-0.15, -0.1) is 0 Å². The largest absolute Gasteiger partial charge is 0.508 e. The summed E-state index contributed by atoms with van der Waals surface area (Å²) in [5.74, 6) is -0.634. The standard InChI is InChI=1S/C11H12F3NO2/c1-7-6-8(2-3-9(7)16)15-10(17)4-5-11(12,13)14/h2-3,6,16H,4-5H2,1H3,(H,15,17). The molecule has 0 aliphatic rings. The van der Waals surface area contributed by atoms with Gasteiger partial charge in [-0.3, -0.25) is 4.79 Å². The topological polar surface area (TPSA) is 49.3 Å². The third-order valence-corrected chi connectivity index (χ3v) is 2.12. The van der Waals surface area contributed by atoms with Gasteiger partial charge in [0.2, 0.25) is 5.91 Å². The van der Waals surface area contributed by atoms with Crippen molar-refractivity contribution in [1.29, 1.82) is 0 Å². The third kappa shape index (κ3) is 4.76. The lowest BCUT2D eigenvalue weighted by molar-refractivity contribution is -0.142. The summed E-state index contributed by atoms with van der Waals surface area (Å²) in [6.07, 6.45) is -6.08. The molecule has 0 radical (unpaired) electrons. The van der Waals surface area contributed by atoms with Crippen LogP contribution in [0.4, 0.5) is 18.9 Å². The van der Waals surface area contributed by atoms with Crippen molar-refractivity contribution in [1.82, 2.24) is 0 Å². The Morgan fingerprint density at radius 1 is 1.41 bits per heavy atom. The summed E-state index contributed by atoms with van der Waals surface area (Å²) in [6.45, 7) is 1.63. The lowest BCUT2D eigenvalue weighted by Gasteiger charge is -2.08. The van der Waals surface area contributed by atoms with Crippen molar-refractivity contribution in [3.63, 3.8) is 0 Å². The van der Waals surface area contributed by atoms with Crippen LogP contribution in [0.2, 0.25) is 0 Å². The fraction of sp³-hybridized carbons (Fsp3) is 0.364. The minimum Gasteiger partial charge on any atom is -0.508 e. The van der Waals surface area contributed by atoms with Gasteiger partial charge in [-0.25, -0.2) is 0 Å². The van der Waals surface area contributed by atoms with Crippen molar-refractivity contribution in [2.75, 3.05) is 5.32 Å². The number of alkyl halides is 3. The predicted molar refractivity (Wildman–Crippen MR) is 56.8 cm³/mol. The van der Waals surface area contributed by atoms with E-state index < -0.39 is 24.9 Å². The van der Waals surface area contributed by atoms with Crippen molar-refractivity contribution >= 4 is 11.6 Å². The van der Waals surface area contributed by atoms with Crippen LogP contribution in [0.5, 0.6) is 5.75 Å². The summed E-state index contributed by atoms with van der Waals surface area (Å²) in [4.78, 5) is 11.2. The second kappa shape index (κ2) is 5.07. The van der Waals surface area contributed by atoms with Gasteiger partial charge in [0.15, 0.2) is 0 Å². The van der Waals surface area contributed by atoms with Crippen LogP contribution < -0.4 is 5.32 Å². The second-order valence-corrected chi connectivity index (χ2v) is 3.66. The van der Waals surface area contributed by atoms with Gasteiger partial charge in [0.25, 0.3) is 0 Å². The Hall–Kier alpha value is -1.72. The molecule has 0 unspecified atom stereocenters. The number of rotatable bonds is 3. The molecule has 1 amide bonds. The molecule has 1 aromatic rings. The average Bonchev–Trinajstić information content (AvgIpc) is 2.20. The van der Waals surface area contributed by atoms with E-state index in [-0.39, 0.29) is 5.75 Å². The minimum absolute atomic E-state index is 0.0679. The zero-order valence-corrected chi connectivity index (χ0v) is 9.14. The molecule has 0 heterocycles. The normalized spacial score (nSPS) is 11.3. The van der Waals surface area contributed by atoms with Crippen LogP contribution >= 0.6 is 0 Å². The molecular formula is C11H12F3NO2. The first-order chi connectivity index (χ1) is 7.78. The summed E-state index contributed by atoms with van der Waals surface area (Å²) in [5, 5.41) is 11.6. The van der Waals surface area contributed by atoms with Crippen LogP contribution in [0.15, 0.2) is 18.2 Å². The summed E-state index contributed by atoms with van der Waals surface area (Å²) >= 11 is 0. The quantitative estimate of drug-likeness (QED) is 0.807. The van der Waals surface area contributed by atoms with Crippen molar-refractivity contribution < 1.29 is 23.1 Å². The van der Waals surface area contributed by atoms with Crippen LogP contribution in [0, 0.1) is 6.92 Å². The monoisotopic (exact) mass is 247 g/mol. The third-order valence-electron chi connectivity index (χ3n) is 2.12. The smallest absolute Gasteiger partial charge is 0.389 e. The van der Waals surface area contributed by atoms with Gasteiger partial charge in [-0.2, -0.15) is 13.2 Å². The van der Waals surface area contributed by atoms with E-state index in [0.717, 1.165) is 0 Å². The number of aromatic hydroxyl groups is 1. The number of amides is 1. The second-order valence-electron chi connectivity index (χ2n) is 3.66. The number of aryl methyl sites for hydroxylation is 1. The molecule has 0 atom stereocenters. The zero-order chi connectivity index (χ0) is 13.1. The lowest BCUT2D eigenvalue weighted by Crippen LogP contribution is -2.16. The molecule has 0 bridgehead atoms. The molecule has 1 rings (SSSR count). The molecule has 94 valence electrons. The van der Waals surface area contributed by atoms with Crippen LogP contribution in [0.1, 0.15) is 18.4 Å². The number of carbonyl (C=O) groups is 1. The fourth-order valence-electron chi connectivity index (χ4n) is 1.21. The molecule has 0 spiro atoms. The first-order valence-electron chi connectivity index (χ1n) is 4.94. The van der Waals surface area contributed by atoms with Crippen molar-refractivity contribution in [3.05, 3.63) is 23.8 Å². The number of benzene rings is 1. The number of halogens is 3. The van der Waals surface area contributed by atoms with E-state index in [4.69, 9.17) is 0 Å². The minimum atomic E-state index is -4.33. The molecule has 0 fully saturated rings. The molecular weight excluding hydrogens is 235 g/mol. The van der Waals surface area contributed by atoms with E-state index in [1.807, 2.05) is 0 Å². The van der Waals surface area contributed by atoms with Crippen LogP contribution in [-0.2, 0) is 4.79 Å². The predicted octanol–water partition coefficient (Wildman–Crippen LogP) is 2.98. The van der Waals surface area contributed by atoms with Crippen molar-refractivity contribution in [3.8, 4) is 5.75 Å². The van der Waals surface area contributed by atoms with Gasteiger partial charge in [-0.05, 0) is 30.7 Å². The Labute approximate surface area is 96.3 Å². The van der Waals surface area contributed by atoms with E-state index in [1.165, 1.54) is 18.2 Å². The Balaban J connectivity index is 2.54. The van der Waals surface area contributed by atoms with Crippen molar-refractivity contribution in [2.24, 2.45) is 0 Å². The van der Waals surface area contributed by atoms with E-state index in [2.05, 4.69) is 5.32 Å². The van der Waals surface area contributed by atoms with Crippen LogP contribution in [0.3, 0.4) is 0 Å². The van der Waals surface area contributed by atoms with E-state index in [9.17, 15) is 23.1 Å². The van der Waals surface area contributed by atoms with Crippen LogP contribution in [0.25, 0.3) is 0 Å². The maximum absolute atomic E-state index is 11.9. The molecule has 0 saturated heterocycles. The Bertz CT molecular complexity index is 416. The number of phenols is 1. The highest BCUT2D eigenvalue weighted by Crippen LogP contribution is 2.23.